The number of aryl methyl sites for hydroxylation is 1. The van der Waals surface area contributed by atoms with E-state index < -0.39 is 6.64 Å². The van der Waals surface area contributed by atoms with E-state index in [9.17, 15) is 0 Å². The second kappa shape index (κ2) is 8.87. The van der Waals surface area contributed by atoms with E-state index in [1.54, 1.807) is 12.4 Å². The Labute approximate surface area is 155 Å². The van der Waals surface area contributed by atoms with Gasteiger partial charge in [0.15, 0.2) is 0 Å². The van der Waals surface area contributed by atoms with Crippen molar-refractivity contribution in [3.05, 3.63) is 40.6 Å². The predicted octanol–water partition coefficient (Wildman–Crippen LogP) is 5.05. The van der Waals surface area contributed by atoms with Gasteiger partial charge in [-0.3, -0.25) is 0 Å². The highest BCUT2D eigenvalue weighted by molar-refractivity contribution is 9.10. The number of benzene rings is 1. The first-order valence-corrected chi connectivity index (χ1v) is 10.8. The first-order valence-electron chi connectivity index (χ1n) is 7.39. The lowest BCUT2D eigenvalue weighted by Gasteiger charge is -2.23. The Morgan fingerprint density at radius 2 is 1.79 bits per heavy atom. The van der Waals surface area contributed by atoms with Crippen LogP contribution in [-0.2, 0) is 20.9 Å². The van der Waals surface area contributed by atoms with E-state index in [2.05, 4.69) is 31.0 Å². The molecule has 0 bridgehead atoms. The van der Waals surface area contributed by atoms with Crippen molar-refractivity contribution in [2.24, 2.45) is 0 Å². The lowest BCUT2D eigenvalue weighted by atomic mass is 10.2. The van der Waals surface area contributed by atoms with Crippen LogP contribution in [0.4, 0.5) is 5.69 Å². The molecule has 2 rings (SSSR count). The highest BCUT2D eigenvalue weighted by atomic mass is 79.9. The van der Waals surface area contributed by atoms with Crippen molar-refractivity contribution in [3.63, 3.8) is 0 Å². The summed E-state index contributed by atoms with van der Waals surface area (Å²) in [5, 5.41) is 3.19. The highest BCUT2D eigenvalue weighted by Crippen LogP contribution is 2.48. The second-order valence-electron chi connectivity index (χ2n) is 4.71. The van der Waals surface area contributed by atoms with Gasteiger partial charge in [-0.05, 0) is 72.3 Å². The van der Waals surface area contributed by atoms with Gasteiger partial charge in [-0.25, -0.2) is 9.97 Å². The summed E-state index contributed by atoms with van der Waals surface area (Å²) in [5.41, 5.74) is 1.74. The summed E-state index contributed by atoms with van der Waals surface area (Å²) in [5.74, 6) is 0.670. The third-order valence-corrected chi connectivity index (χ3v) is 5.88. The monoisotopic (exact) mass is 431 g/mol. The smallest absolute Gasteiger partial charge is 0.321 e. The van der Waals surface area contributed by atoms with Crippen LogP contribution in [0.15, 0.2) is 35.1 Å². The van der Waals surface area contributed by atoms with Crippen LogP contribution in [0.1, 0.15) is 19.4 Å². The molecule has 6 nitrogen and oxygen atoms in total. The summed E-state index contributed by atoms with van der Waals surface area (Å²) in [4.78, 5) is 8.20. The zero-order valence-electron chi connectivity index (χ0n) is 13.7. The van der Waals surface area contributed by atoms with Crippen molar-refractivity contribution in [2.45, 2.75) is 20.8 Å². The number of hydrogen-bond donors (Lipinski definition) is 1. The Morgan fingerprint density at radius 1 is 1.17 bits per heavy atom. The van der Waals surface area contributed by atoms with Gasteiger partial charge in [-0.15, -0.1) is 0 Å². The van der Waals surface area contributed by atoms with Gasteiger partial charge in [0.2, 0.25) is 0 Å². The molecule has 0 unspecified atom stereocenters. The molecule has 1 N–H and O–H groups in total. The van der Waals surface area contributed by atoms with Gasteiger partial charge in [0.1, 0.15) is 5.75 Å². The zero-order chi connectivity index (χ0) is 17.6. The lowest BCUT2D eigenvalue weighted by molar-refractivity contribution is 0.271. The predicted molar refractivity (Wildman–Crippen MR) is 102 cm³/mol. The van der Waals surface area contributed by atoms with E-state index in [1.807, 2.05) is 39.0 Å². The van der Waals surface area contributed by atoms with Gasteiger partial charge in [0.25, 0.3) is 6.64 Å². The van der Waals surface area contributed by atoms with E-state index in [-0.39, 0.29) is 6.01 Å². The van der Waals surface area contributed by atoms with Gasteiger partial charge in [-0.1, -0.05) is 0 Å². The molecule has 0 atom stereocenters. The van der Waals surface area contributed by atoms with Gasteiger partial charge < -0.3 is 18.9 Å². The molecule has 0 saturated heterocycles. The zero-order valence-corrected chi connectivity index (χ0v) is 17.0. The van der Waals surface area contributed by atoms with Crippen LogP contribution >= 0.6 is 22.6 Å². The molecule has 0 aliphatic rings. The van der Waals surface area contributed by atoms with Crippen molar-refractivity contribution in [2.75, 3.05) is 18.3 Å². The Balaban J connectivity index is 2.14. The summed E-state index contributed by atoms with van der Waals surface area (Å²) < 4.78 is 17.7. The van der Waals surface area contributed by atoms with Crippen LogP contribution in [0.3, 0.4) is 0 Å². The number of halogens is 1. The fourth-order valence-corrected chi connectivity index (χ4v) is 4.38. The third-order valence-electron chi connectivity index (χ3n) is 2.84. The van der Waals surface area contributed by atoms with E-state index in [0.717, 1.165) is 15.7 Å². The largest absolute Gasteiger partial charge is 0.424 e. The van der Waals surface area contributed by atoms with Crippen molar-refractivity contribution >= 4 is 40.1 Å². The standard InChI is InChI=1S/C15H19BrN3O3PS/c1-4-20-23(24,21-5-2)19-13-6-7-14(11(3)8-13)22-15-17-9-12(16)10-18-15/h6-10H,4-5H2,1-3H3,(H,19,24). The Bertz CT molecular complexity index is 720. The normalized spacial score (nSPS) is 11.3. The molecule has 9 heteroatoms. The molecule has 1 heterocycles. The minimum absolute atomic E-state index is 0.288. The molecule has 0 fully saturated rings. The van der Waals surface area contributed by atoms with Crippen molar-refractivity contribution in [1.29, 1.82) is 0 Å². The highest BCUT2D eigenvalue weighted by Gasteiger charge is 2.18. The molecule has 0 radical (unpaired) electrons. The maximum atomic E-state index is 5.69. The molecule has 0 aliphatic heterocycles. The summed E-state index contributed by atoms with van der Waals surface area (Å²) in [6, 6.07) is 5.91. The van der Waals surface area contributed by atoms with Crippen LogP contribution < -0.4 is 9.82 Å². The lowest BCUT2D eigenvalue weighted by Crippen LogP contribution is -2.05. The fourth-order valence-electron chi connectivity index (χ4n) is 1.88. The van der Waals surface area contributed by atoms with Crippen molar-refractivity contribution < 1.29 is 13.8 Å². The number of ether oxygens (including phenoxy) is 1. The molecule has 24 heavy (non-hydrogen) atoms. The number of aromatic nitrogens is 2. The van der Waals surface area contributed by atoms with Gasteiger partial charge in [0, 0.05) is 18.1 Å². The number of anilines is 1. The van der Waals surface area contributed by atoms with E-state index >= 15 is 0 Å². The Hall–Kier alpha value is -1.05. The Kier molecular flexibility index (Phi) is 7.13. The fraction of sp³-hybridized carbons (Fsp3) is 0.333. The minimum Gasteiger partial charge on any atom is -0.424 e. The first-order chi connectivity index (χ1) is 11.5. The Morgan fingerprint density at radius 3 is 2.33 bits per heavy atom. The molecular weight excluding hydrogens is 413 g/mol. The maximum Gasteiger partial charge on any atom is 0.321 e. The number of nitrogens with one attached hydrogen (secondary N) is 1. The van der Waals surface area contributed by atoms with E-state index in [0.29, 0.717) is 19.0 Å². The molecule has 0 amide bonds. The number of rotatable bonds is 8. The quantitative estimate of drug-likeness (QED) is 0.586. The van der Waals surface area contributed by atoms with Crippen molar-refractivity contribution in [1.82, 2.24) is 9.97 Å². The summed E-state index contributed by atoms with van der Waals surface area (Å²) in [6.45, 7) is 4.16. The summed E-state index contributed by atoms with van der Waals surface area (Å²) in [6.07, 6.45) is 3.27. The molecule has 1 aromatic heterocycles. The molecule has 0 spiro atoms. The SMILES string of the molecule is CCOP(=S)(Nc1ccc(Oc2ncc(Br)cn2)c(C)c1)OCC. The third kappa shape index (κ3) is 5.50. The minimum atomic E-state index is -2.54. The van der Waals surface area contributed by atoms with Gasteiger partial charge >= 0.3 is 6.01 Å². The molecule has 0 aliphatic carbocycles. The second-order valence-corrected chi connectivity index (χ2v) is 8.80. The van der Waals surface area contributed by atoms with Gasteiger partial charge in [-0.2, -0.15) is 0 Å². The number of nitrogens with zero attached hydrogens (tertiary/aromatic N) is 2. The molecule has 0 saturated carbocycles. The molecule has 1 aromatic carbocycles. The first kappa shape index (κ1) is 19.3. The van der Waals surface area contributed by atoms with Crippen LogP contribution in [0.2, 0.25) is 0 Å². The van der Waals surface area contributed by atoms with Crippen LogP contribution in [0, 0.1) is 6.92 Å². The van der Waals surface area contributed by atoms with Crippen LogP contribution in [0.5, 0.6) is 11.8 Å². The number of hydrogen-bond acceptors (Lipinski definition) is 6. The molecular formula is C15H19BrN3O3PS. The van der Waals surface area contributed by atoms with Crippen LogP contribution in [-0.4, -0.2) is 23.2 Å². The molecule has 130 valence electrons. The topological polar surface area (TPSA) is 65.5 Å². The van der Waals surface area contributed by atoms with E-state index in [1.165, 1.54) is 0 Å². The molecule has 2 aromatic rings. The van der Waals surface area contributed by atoms with Crippen molar-refractivity contribution in [3.8, 4) is 11.8 Å². The summed E-state index contributed by atoms with van der Waals surface area (Å²) in [7, 11) is 0. The van der Waals surface area contributed by atoms with Gasteiger partial charge in [0.05, 0.1) is 17.7 Å². The van der Waals surface area contributed by atoms with E-state index in [4.69, 9.17) is 25.6 Å². The average molecular weight is 432 g/mol. The summed E-state index contributed by atoms with van der Waals surface area (Å²) >= 11 is 8.76. The average Bonchev–Trinajstić information content (AvgIpc) is 2.52. The maximum absolute atomic E-state index is 5.69. The van der Waals surface area contributed by atoms with Crippen LogP contribution in [0.25, 0.3) is 0 Å².